The molecule has 1 unspecified atom stereocenters. The number of carbonyl (C=O) groups excluding carboxylic acids is 1. The first-order valence-corrected chi connectivity index (χ1v) is 6.58. The molecule has 2 rings (SSSR count). The predicted molar refractivity (Wildman–Crippen MR) is 72.6 cm³/mol. The van der Waals surface area contributed by atoms with Crippen molar-refractivity contribution in [2.75, 3.05) is 13.7 Å². The largest absolute Gasteiger partial charge is 0.496 e. The molecule has 1 atom stereocenters. The highest BCUT2D eigenvalue weighted by atomic mass is 35.5. The summed E-state index contributed by atoms with van der Waals surface area (Å²) in [5.74, 6) is 0.638. The minimum Gasteiger partial charge on any atom is -0.496 e. The quantitative estimate of drug-likeness (QED) is 0.856. The summed E-state index contributed by atoms with van der Waals surface area (Å²) in [7, 11) is 1.57. The highest BCUT2D eigenvalue weighted by molar-refractivity contribution is 6.31. The van der Waals surface area contributed by atoms with Gasteiger partial charge in [-0.1, -0.05) is 11.6 Å². The molecular formula is C14H18ClNO2. The number of nitrogens with one attached hydrogen (secondary N) is 1. The number of Topliss-reactive ketones (excluding diaryl/α,β-unsaturated/α-hetero) is 1. The third-order valence-corrected chi connectivity index (χ3v) is 3.76. The maximum absolute atomic E-state index is 12.7. The molecule has 0 radical (unpaired) electrons. The molecule has 1 N–H and O–H groups in total. The highest BCUT2D eigenvalue weighted by Gasteiger charge is 2.36. The van der Waals surface area contributed by atoms with Crippen LogP contribution in [0.4, 0.5) is 0 Å². The van der Waals surface area contributed by atoms with Gasteiger partial charge in [-0.05, 0) is 50.9 Å². The van der Waals surface area contributed by atoms with Crippen molar-refractivity contribution in [2.24, 2.45) is 0 Å². The summed E-state index contributed by atoms with van der Waals surface area (Å²) in [4.78, 5) is 12.7. The van der Waals surface area contributed by atoms with Crippen molar-refractivity contribution in [3.63, 3.8) is 0 Å². The first-order valence-electron chi connectivity index (χ1n) is 6.20. The fourth-order valence-electron chi connectivity index (χ4n) is 2.40. The van der Waals surface area contributed by atoms with Crippen LogP contribution in [0.15, 0.2) is 18.2 Å². The van der Waals surface area contributed by atoms with Crippen molar-refractivity contribution < 1.29 is 9.53 Å². The molecule has 0 aromatic heterocycles. The molecule has 0 aliphatic carbocycles. The maximum Gasteiger partial charge on any atom is 0.186 e. The van der Waals surface area contributed by atoms with Gasteiger partial charge in [0, 0.05) is 5.02 Å². The van der Waals surface area contributed by atoms with E-state index in [0.29, 0.717) is 16.3 Å². The second-order valence-corrected chi connectivity index (χ2v) is 5.33. The van der Waals surface area contributed by atoms with Crippen LogP contribution in [-0.4, -0.2) is 25.0 Å². The Kier molecular flexibility index (Phi) is 3.93. The molecule has 1 fully saturated rings. The van der Waals surface area contributed by atoms with Crippen LogP contribution >= 0.6 is 11.6 Å². The Morgan fingerprint density at radius 1 is 1.44 bits per heavy atom. The van der Waals surface area contributed by atoms with Gasteiger partial charge in [-0.3, -0.25) is 4.79 Å². The number of hydrogen-bond acceptors (Lipinski definition) is 3. The van der Waals surface area contributed by atoms with Crippen LogP contribution in [0.2, 0.25) is 5.02 Å². The number of halogens is 1. The fraction of sp³-hybridized carbons (Fsp3) is 0.500. The molecule has 1 aliphatic rings. The van der Waals surface area contributed by atoms with Crippen molar-refractivity contribution in [3.05, 3.63) is 28.8 Å². The van der Waals surface area contributed by atoms with Gasteiger partial charge in [0.2, 0.25) is 0 Å². The molecular weight excluding hydrogens is 250 g/mol. The number of methoxy groups -OCH3 is 1. The fourth-order valence-corrected chi connectivity index (χ4v) is 2.58. The summed E-state index contributed by atoms with van der Waals surface area (Å²) < 4.78 is 5.25. The van der Waals surface area contributed by atoms with Gasteiger partial charge in [-0.25, -0.2) is 0 Å². The molecule has 1 saturated heterocycles. The van der Waals surface area contributed by atoms with E-state index in [1.54, 1.807) is 25.3 Å². The van der Waals surface area contributed by atoms with Gasteiger partial charge in [-0.15, -0.1) is 0 Å². The monoisotopic (exact) mass is 267 g/mol. The number of ketones is 1. The average molecular weight is 268 g/mol. The van der Waals surface area contributed by atoms with Crippen LogP contribution in [-0.2, 0) is 0 Å². The molecule has 1 aliphatic heterocycles. The van der Waals surface area contributed by atoms with Crippen molar-refractivity contribution in [2.45, 2.75) is 31.7 Å². The van der Waals surface area contributed by atoms with E-state index in [-0.39, 0.29) is 5.78 Å². The minimum absolute atomic E-state index is 0.0570. The third kappa shape index (κ3) is 2.52. The number of ether oxygens (including phenoxy) is 1. The normalized spacial score (nSPS) is 23.7. The second-order valence-electron chi connectivity index (χ2n) is 4.89. The van der Waals surface area contributed by atoms with Gasteiger partial charge in [0.25, 0.3) is 0 Å². The van der Waals surface area contributed by atoms with Crippen molar-refractivity contribution >= 4 is 17.4 Å². The maximum atomic E-state index is 12.7. The van der Waals surface area contributed by atoms with E-state index >= 15 is 0 Å². The van der Waals surface area contributed by atoms with Crippen LogP contribution in [0.25, 0.3) is 0 Å². The molecule has 1 aromatic rings. The summed E-state index contributed by atoms with van der Waals surface area (Å²) in [6, 6.07) is 5.15. The van der Waals surface area contributed by atoms with Crippen LogP contribution < -0.4 is 10.1 Å². The Bertz CT molecular complexity index is 453. The lowest BCUT2D eigenvalue weighted by Gasteiger charge is -2.33. The second kappa shape index (κ2) is 5.29. The Morgan fingerprint density at radius 2 is 2.22 bits per heavy atom. The van der Waals surface area contributed by atoms with Gasteiger partial charge >= 0.3 is 0 Å². The molecule has 1 heterocycles. The standard InChI is InChI=1S/C14H18ClNO2/c1-14(7-3-4-8-16-14)13(17)11-9-10(15)5-6-12(11)18-2/h5-6,9,16H,3-4,7-8H2,1-2H3. The van der Waals surface area contributed by atoms with E-state index in [1.807, 2.05) is 6.92 Å². The highest BCUT2D eigenvalue weighted by Crippen LogP contribution is 2.30. The van der Waals surface area contributed by atoms with E-state index in [9.17, 15) is 4.79 Å². The number of rotatable bonds is 3. The Hall–Kier alpha value is -1.06. The lowest BCUT2D eigenvalue weighted by atomic mass is 9.83. The van der Waals surface area contributed by atoms with Gasteiger partial charge in [0.05, 0.1) is 18.2 Å². The van der Waals surface area contributed by atoms with E-state index < -0.39 is 5.54 Å². The molecule has 3 nitrogen and oxygen atoms in total. The van der Waals surface area contributed by atoms with E-state index in [1.165, 1.54) is 0 Å². The Morgan fingerprint density at radius 3 is 2.83 bits per heavy atom. The number of benzene rings is 1. The van der Waals surface area contributed by atoms with Crippen molar-refractivity contribution in [1.82, 2.24) is 5.32 Å². The zero-order valence-electron chi connectivity index (χ0n) is 10.8. The molecule has 1 aromatic carbocycles. The minimum atomic E-state index is -0.504. The molecule has 4 heteroatoms. The SMILES string of the molecule is COc1ccc(Cl)cc1C(=O)C1(C)CCCCN1. The topological polar surface area (TPSA) is 38.3 Å². The Balaban J connectivity index is 2.35. The van der Waals surface area contributed by atoms with Gasteiger partial charge in [0.15, 0.2) is 5.78 Å². The first kappa shape index (κ1) is 13.4. The molecule has 18 heavy (non-hydrogen) atoms. The third-order valence-electron chi connectivity index (χ3n) is 3.53. The molecule has 0 bridgehead atoms. The lowest BCUT2D eigenvalue weighted by molar-refractivity contribution is 0.0831. The molecule has 98 valence electrons. The summed E-state index contributed by atoms with van der Waals surface area (Å²) in [6.07, 6.45) is 3.04. The lowest BCUT2D eigenvalue weighted by Crippen LogP contribution is -2.52. The zero-order chi connectivity index (χ0) is 13.2. The molecule has 0 spiro atoms. The average Bonchev–Trinajstić information content (AvgIpc) is 2.38. The molecule has 0 amide bonds. The summed E-state index contributed by atoms with van der Waals surface area (Å²) in [6.45, 7) is 2.83. The van der Waals surface area contributed by atoms with Gasteiger partial charge < -0.3 is 10.1 Å². The summed E-state index contributed by atoms with van der Waals surface area (Å²) >= 11 is 5.97. The van der Waals surface area contributed by atoms with Crippen molar-refractivity contribution in [1.29, 1.82) is 0 Å². The number of hydrogen-bond donors (Lipinski definition) is 1. The van der Waals surface area contributed by atoms with Crippen LogP contribution in [0.5, 0.6) is 5.75 Å². The van der Waals surface area contributed by atoms with E-state index in [0.717, 1.165) is 25.8 Å². The van der Waals surface area contributed by atoms with Crippen LogP contribution in [0.3, 0.4) is 0 Å². The molecule has 0 saturated carbocycles. The van der Waals surface area contributed by atoms with Crippen LogP contribution in [0.1, 0.15) is 36.5 Å². The smallest absolute Gasteiger partial charge is 0.186 e. The van der Waals surface area contributed by atoms with E-state index in [2.05, 4.69) is 5.32 Å². The van der Waals surface area contributed by atoms with Gasteiger partial charge in [-0.2, -0.15) is 0 Å². The zero-order valence-corrected chi connectivity index (χ0v) is 11.5. The van der Waals surface area contributed by atoms with Gasteiger partial charge in [0.1, 0.15) is 5.75 Å². The first-order chi connectivity index (χ1) is 8.57. The van der Waals surface area contributed by atoms with E-state index in [4.69, 9.17) is 16.3 Å². The number of piperidine rings is 1. The van der Waals surface area contributed by atoms with Crippen LogP contribution in [0, 0.1) is 0 Å². The van der Waals surface area contributed by atoms with Crippen molar-refractivity contribution in [3.8, 4) is 5.75 Å². The predicted octanol–water partition coefficient (Wildman–Crippen LogP) is 3.06. The Labute approximate surface area is 112 Å². The number of carbonyl (C=O) groups is 1. The summed E-state index contributed by atoms with van der Waals surface area (Å²) in [5, 5.41) is 3.87. The summed E-state index contributed by atoms with van der Waals surface area (Å²) in [5.41, 5.74) is 0.0536.